The number of nitrogens with one attached hydrogen (secondary N) is 2. The number of amides is 2. The van der Waals surface area contributed by atoms with Crippen LogP contribution in [0.2, 0.25) is 5.02 Å². The molecule has 42 heavy (non-hydrogen) atoms. The van der Waals surface area contributed by atoms with Crippen LogP contribution < -0.4 is 20.1 Å². The van der Waals surface area contributed by atoms with Crippen molar-refractivity contribution in [3.05, 3.63) is 82.5 Å². The summed E-state index contributed by atoms with van der Waals surface area (Å²) in [5, 5.41) is 5.47. The number of benzene rings is 2. The normalized spacial score (nSPS) is 11.4. The Bertz CT molecular complexity index is 1790. The van der Waals surface area contributed by atoms with E-state index in [9.17, 15) is 26.8 Å². The van der Waals surface area contributed by atoms with Gasteiger partial charge in [0, 0.05) is 24.6 Å². The zero-order valence-corrected chi connectivity index (χ0v) is 24.7. The molecule has 0 spiro atoms. The number of aromatic nitrogens is 4. The topological polar surface area (TPSA) is 128 Å². The largest absolute Gasteiger partial charge is 0.494 e. The third-order valence-electron chi connectivity index (χ3n) is 6.42. The Morgan fingerprint density at radius 1 is 1.14 bits per heavy atom. The highest BCUT2D eigenvalue weighted by Gasteiger charge is 2.22. The molecule has 0 aliphatic carbocycles. The molecule has 2 N–H and O–H groups in total. The van der Waals surface area contributed by atoms with Gasteiger partial charge < -0.3 is 19.9 Å². The number of carbonyl (C=O) groups is 2. The van der Waals surface area contributed by atoms with Crippen molar-refractivity contribution < 1.29 is 36.2 Å². The predicted molar refractivity (Wildman–Crippen MR) is 151 cm³/mol. The van der Waals surface area contributed by atoms with Crippen LogP contribution in [0.5, 0.6) is 5.75 Å². The molecule has 15 heteroatoms. The van der Waals surface area contributed by atoms with Crippen molar-refractivity contribution in [1.82, 2.24) is 19.5 Å². The quantitative estimate of drug-likeness (QED) is 0.262. The van der Waals surface area contributed by atoms with Crippen LogP contribution in [-0.2, 0) is 37.0 Å². The highest BCUT2D eigenvalue weighted by molar-refractivity contribution is 7.90. The number of carbonyl (C=O) groups excluding carboxylic acids is 2. The first kappa shape index (κ1) is 30.7. The third-order valence-corrected chi connectivity index (χ3v) is 7.66. The Morgan fingerprint density at radius 2 is 1.88 bits per heavy atom. The smallest absolute Gasteiger partial charge is 0.291 e. The molecule has 11 nitrogen and oxygen atoms in total. The van der Waals surface area contributed by atoms with E-state index in [2.05, 4.69) is 15.6 Å². The van der Waals surface area contributed by atoms with E-state index in [1.165, 1.54) is 61.5 Å². The number of halogens is 3. The van der Waals surface area contributed by atoms with Gasteiger partial charge in [-0.2, -0.15) is 9.07 Å². The molecular weight excluding hydrogens is 594 g/mol. The fourth-order valence-electron chi connectivity index (χ4n) is 4.20. The van der Waals surface area contributed by atoms with Gasteiger partial charge >= 0.3 is 0 Å². The van der Waals surface area contributed by atoms with Crippen molar-refractivity contribution in [2.75, 3.05) is 24.4 Å². The molecule has 2 heterocycles. The standard InChI is InChI=1S/C27H27ClF2N6O5S/c1-34-14-16(15-36(34)9-10-42(4,39)40)12-32-26(37)18-6-5-17(11-20(18)28)33-27(38)25-31-13-21(35(25)2)19-7-8-22(41-3)24(30)23(19)29/h5-8,11,13-15H,9-10,12H2,1-4H3,(H-,32,33,37,38)/p+1. The van der Waals surface area contributed by atoms with Crippen molar-refractivity contribution in [1.29, 1.82) is 0 Å². The van der Waals surface area contributed by atoms with Gasteiger partial charge in [-0.05, 0) is 30.3 Å². The Hall–Kier alpha value is -4.30. The zero-order valence-electron chi connectivity index (χ0n) is 23.1. The minimum Gasteiger partial charge on any atom is -0.494 e. The average molecular weight is 622 g/mol. The van der Waals surface area contributed by atoms with Gasteiger partial charge in [-0.1, -0.05) is 11.6 Å². The minimum absolute atomic E-state index is 0.0116. The lowest BCUT2D eigenvalue weighted by atomic mass is 10.1. The van der Waals surface area contributed by atoms with Gasteiger partial charge in [-0.25, -0.2) is 17.8 Å². The summed E-state index contributed by atoms with van der Waals surface area (Å²) in [7, 11) is 1.35. The van der Waals surface area contributed by atoms with Crippen molar-refractivity contribution >= 4 is 38.9 Å². The van der Waals surface area contributed by atoms with E-state index in [0.29, 0.717) is 0 Å². The number of hydrogen-bond acceptors (Lipinski definition) is 6. The summed E-state index contributed by atoms with van der Waals surface area (Å²) >= 11 is 6.34. The van der Waals surface area contributed by atoms with Crippen LogP contribution in [0.4, 0.5) is 14.5 Å². The van der Waals surface area contributed by atoms with Crippen LogP contribution in [0.25, 0.3) is 11.3 Å². The number of rotatable bonds is 10. The van der Waals surface area contributed by atoms with Gasteiger partial charge in [0.1, 0.15) is 9.84 Å². The van der Waals surface area contributed by atoms with Crippen molar-refractivity contribution in [3.63, 3.8) is 0 Å². The van der Waals surface area contributed by atoms with Crippen LogP contribution in [0, 0.1) is 11.6 Å². The molecule has 2 amide bonds. The molecule has 4 aromatic rings. The summed E-state index contributed by atoms with van der Waals surface area (Å²) in [5.41, 5.74) is 1.28. The summed E-state index contributed by atoms with van der Waals surface area (Å²) in [6, 6.07) is 6.94. The number of hydrogen-bond donors (Lipinski definition) is 2. The van der Waals surface area contributed by atoms with Gasteiger partial charge in [0.25, 0.3) is 11.8 Å². The third kappa shape index (κ3) is 6.77. The maximum Gasteiger partial charge on any atom is 0.291 e. The first-order chi connectivity index (χ1) is 19.8. The number of ether oxygens (including phenoxy) is 1. The van der Waals surface area contributed by atoms with Crippen molar-refractivity contribution in [2.45, 2.75) is 13.1 Å². The Morgan fingerprint density at radius 3 is 2.55 bits per heavy atom. The first-order valence-corrected chi connectivity index (χ1v) is 14.9. The molecule has 2 aromatic heterocycles. The molecule has 0 fully saturated rings. The van der Waals surface area contributed by atoms with Crippen LogP contribution in [0.3, 0.4) is 0 Å². The van der Waals surface area contributed by atoms with Crippen molar-refractivity contribution in [2.24, 2.45) is 14.1 Å². The minimum atomic E-state index is -3.12. The van der Waals surface area contributed by atoms with E-state index in [1.54, 1.807) is 28.8 Å². The van der Waals surface area contributed by atoms with Crippen molar-refractivity contribution in [3.8, 4) is 17.0 Å². The molecule has 0 unspecified atom stereocenters. The SMILES string of the molecule is COc1ccc(-c2cnc(C(=O)Nc3ccc(C(=O)NCc4cn(CCS(C)(=O)=O)[n+](C)c4)c(Cl)c3)n2C)c(F)c1F. The van der Waals surface area contributed by atoms with Crippen LogP contribution in [0.1, 0.15) is 26.5 Å². The second-order valence-electron chi connectivity index (χ2n) is 9.50. The maximum absolute atomic E-state index is 14.6. The summed E-state index contributed by atoms with van der Waals surface area (Å²) < 4.78 is 61.2. The molecule has 4 rings (SSSR count). The molecule has 0 radical (unpaired) electrons. The van der Waals surface area contributed by atoms with Gasteiger partial charge in [0.15, 0.2) is 30.6 Å². The van der Waals surface area contributed by atoms with Gasteiger partial charge in [-0.15, -0.1) is 4.68 Å². The number of sulfone groups is 1. The molecule has 2 aromatic carbocycles. The number of anilines is 1. The summed E-state index contributed by atoms with van der Waals surface area (Å²) in [6.07, 6.45) is 5.93. The monoisotopic (exact) mass is 621 g/mol. The Kier molecular flexibility index (Phi) is 8.97. The Balaban J connectivity index is 1.41. The first-order valence-electron chi connectivity index (χ1n) is 12.4. The number of imidazole rings is 1. The molecule has 0 aliphatic heterocycles. The van der Waals surface area contributed by atoms with E-state index in [1.807, 2.05) is 0 Å². The highest BCUT2D eigenvalue weighted by Crippen LogP contribution is 2.30. The maximum atomic E-state index is 14.6. The van der Waals surface area contributed by atoms with E-state index in [0.717, 1.165) is 5.56 Å². The fourth-order valence-corrected chi connectivity index (χ4v) is 4.99. The fraction of sp³-hybridized carbons (Fsp3) is 0.259. The highest BCUT2D eigenvalue weighted by atomic mass is 35.5. The summed E-state index contributed by atoms with van der Waals surface area (Å²) in [6.45, 7) is 0.451. The van der Waals surface area contributed by atoms with Gasteiger partial charge in [-0.3, -0.25) is 9.59 Å². The molecule has 0 atom stereocenters. The van der Waals surface area contributed by atoms with Gasteiger partial charge in [0.05, 0.1) is 60.2 Å². The van der Waals surface area contributed by atoms with Crippen LogP contribution >= 0.6 is 11.6 Å². The lowest BCUT2D eigenvalue weighted by Gasteiger charge is -2.11. The Labute approximate surface area is 245 Å². The second-order valence-corrected chi connectivity index (χ2v) is 12.2. The molecule has 0 saturated heterocycles. The summed E-state index contributed by atoms with van der Waals surface area (Å²) in [5.74, 6) is -3.72. The number of methoxy groups -OCH3 is 1. The van der Waals surface area contributed by atoms with E-state index < -0.39 is 33.3 Å². The molecule has 0 saturated carbocycles. The molecule has 0 aliphatic rings. The van der Waals surface area contributed by atoms with Gasteiger partial charge in [0.2, 0.25) is 5.82 Å². The molecule has 222 valence electrons. The van der Waals surface area contributed by atoms with E-state index >= 15 is 0 Å². The zero-order chi connectivity index (χ0) is 30.8. The average Bonchev–Trinajstić information content (AvgIpc) is 3.48. The predicted octanol–water partition coefficient (Wildman–Crippen LogP) is 2.88. The lowest BCUT2D eigenvalue weighted by molar-refractivity contribution is -0.753. The van der Waals surface area contributed by atoms with Crippen LogP contribution in [-0.4, -0.2) is 53.6 Å². The number of nitrogens with zero attached hydrogens (tertiary/aromatic N) is 4. The van der Waals surface area contributed by atoms with E-state index in [4.69, 9.17) is 16.3 Å². The van der Waals surface area contributed by atoms with E-state index in [-0.39, 0.29) is 57.9 Å². The molecule has 0 bridgehead atoms. The lowest BCUT2D eigenvalue weighted by Crippen LogP contribution is -2.39. The second kappa shape index (κ2) is 12.3. The summed E-state index contributed by atoms with van der Waals surface area (Å²) in [4.78, 5) is 29.7. The van der Waals surface area contributed by atoms with Crippen LogP contribution in [0.15, 0.2) is 48.9 Å². The number of aryl methyl sites for hydroxylation is 2. The molecular formula is C27H28ClF2N6O5S+.